The van der Waals surface area contributed by atoms with Crippen molar-refractivity contribution in [3.05, 3.63) is 51.7 Å². The SMILES string of the molecule is CC(C)(O)C#Cc1cc2c(cc1C1CC1)C1=C(C=O)CC(C(=O)O)=CN1N1[C@@H]2CCC1(C)C. The second kappa shape index (κ2) is 7.31. The summed E-state index contributed by atoms with van der Waals surface area (Å²) >= 11 is 0. The van der Waals surface area contributed by atoms with Gasteiger partial charge in [-0.25, -0.2) is 9.80 Å². The third-order valence-electron chi connectivity index (χ3n) is 7.14. The summed E-state index contributed by atoms with van der Waals surface area (Å²) in [5.74, 6) is 5.65. The molecule has 0 bridgehead atoms. The number of hydrogen-bond donors (Lipinski definition) is 2. The van der Waals surface area contributed by atoms with Crippen molar-refractivity contribution in [1.29, 1.82) is 0 Å². The molecule has 3 aliphatic heterocycles. The number of carbonyl (C=O) groups is 2. The lowest BCUT2D eigenvalue weighted by Gasteiger charge is -2.50. The molecule has 1 aromatic carbocycles. The molecule has 1 saturated heterocycles. The number of hydrazine groups is 1. The maximum Gasteiger partial charge on any atom is 0.333 e. The van der Waals surface area contributed by atoms with Crippen LogP contribution in [0.1, 0.15) is 94.0 Å². The van der Waals surface area contributed by atoms with Gasteiger partial charge >= 0.3 is 5.97 Å². The first-order chi connectivity index (χ1) is 15.5. The van der Waals surface area contributed by atoms with Crippen LogP contribution in [0.5, 0.6) is 0 Å². The predicted octanol–water partition coefficient (Wildman–Crippen LogP) is 4.11. The lowest BCUT2D eigenvalue weighted by molar-refractivity contribution is -0.133. The van der Waals surface area contributed by atoms with E-state index in [1.54, 1.807) is 20.0 Å². The lowest BCUT2D eigenvalue weighted by Crippen LogP contribution is -2.52. The monoisotopic (exact) mass is 446 g/mol. The number of benzene rings is 1. The highest BCUT2D eigenvalue weighted by atomic mass is 16.4. The molecule has 3 heterocycles. The highest BCUT2D eigenvalue weighted by molar-refractivity contribution is 5.96. The van der Waals surface area contributed by atoms with E-state index in [2.05, 4.69) is 42.8 Å². The Kier molecular flexibility index (Phi) is 4.86. The Bertz CT molecular complexity index is 1180. The summed E-state index contributed by atoms with van der Waals surface area (Å²) in [6.07, 6.45) is 6.70. The molecule has 2 N–H and O–H groups in total. The molecule has 6 nitrogen and oxygen atoms in total. The molecule has 0 radical (unpaired) electrons. The predicted molar refractivity (Wildman–Crippen MR) is 125 cm³/mol. The van der Waals surface area contributed by atoms with Gasteiger partial charge in [0, 0.05) is 34.9 Å². The number of carboxylic acids is 1. The highest BCUT2D eigenvalue weighted by Crippen LogP contribution is 2.54. The van der Waals surface area contributed by atoms with Crippen molar-refractivity contribution in [2.75, 3.05) is 0 Å². The summed E-state index contributed by atoms with van der Waals surface area (Å²) in [7, 11) is 0. The normalized spacial score (nSPS) is 23.7. The number of rotatable bonds is 3. The van der Waals surface area contributed by atoms with E-state index in [0.717, 1.165) is 59.9 Å². The first kappa shape index (κ1) is 21.9. The number of aliphatic hydroxyl groups is 1. The topological polar surface area (TPSA) is 81.1 Å². The van der Waals surface area contributed by atoms with Crippen molar-refractivity contribution in [3.63, 3.8) is 0 Å². The summed E-state index contributed by atoms with van der Waals surface area (Å²) in [6, 6.07) is 4.39. The van der Waals surface area contributed by atoms with E-state index in [1.165, 1.54) is 0 Å². The molecule has 1 aromatic rings. The fourth-order valence-corrected chi connectivity index (χ4v) is 5.44. The van der Waals surface area contributed by atoms with Crippen LogP contribution in [0.4, 0.5) is 0 Å². The van der Waals surface area contributed by atoms with Gasteiger partial charge < -0.3 is 10.2 Å². The lowest BCUT2D eigenvalue weighted by atomic mass is 9.85. The quantitative estimate of drug-likeness (QED) is 0.537. The number of allylic oxidation sites excluding steroid dienone is 1. The summed E-state index contributed by atoms with van der Waals surface area (Å²) in [5, 5.41) is 24.1. The zero-order chi connectivity index (χ0) is 23.7. The van der Waals surface area contributed by atoms with E-state index in [9.17, 15) is 19.8 Å². The molecule has 1 saturated carbocycles. The van der Waals surface area contributed by atoms with Gasteiger partial charge in [-0.05, 0) is 82.6 Å². The largest absolute Gasteiger partial charge is 0.478 e. The Morgan fingerprint density at radius 2 is 1.94 bits per heavy atom. The average molecular weight is 447 g/mol. The van der Waals surface area contributed by atoms with E-state index >= 15 is 0 Å². The van der Waals surface area contributed by atoms with Crippen molar-refractivity contribution in [2.24, 2.45) is 0 Å². The highest BCUT2D eigenvalue weighted by Gasteiger charge is 2.49. The van der Waals surface area contributed by atoms with E-state index in [4.69, 9.17) is 0 Å². The molecular weight excluding hydrogens is 416 g/mol. The number of aliphatic carboxylic acids is 1. The molecule has 33 heavy (non-hydrogen) atoms. The summed E-state index contributed by atoms with van der Waals surface area (Å²) in [5.41, 5.74) is 4.46. The third-order valence-corrected chi connectivity index (χ3v) is 7.14. The van der Waals surface area contributed by atoms with Gasteiger partial charge in [0.05, 0.1) is 17.3 Å². The molecule has 1 atom stereocenters. The van der Waals surface area contributed by atoms with Crippen LogP contribution in [0, 0.1) is 11.8 Å². The maximum atomic E-state index is 12.2. The van der Waals surface area contributed by atoms with E-state index in [1.807, 2.05) is 5.01 Å². The Morgan fingerprint density at radius 3 is 2.55 bits per heavy atom. The van der Waals surface area contributed by atoms with Crippen LogP contribution in [-0.2, 0) is 9.59 Å². The van der Waals surface area contributed by atoms with Crippen LogP contribution in [0.2, 0.25) is 0 Å². The second-order valence-electron chi connectivity index (χ2n) is 10.8. The maximum absolute atomic E-state index is 12.2. The van der Waals surface area contributed by atoms with Crippen LogP contribution in [0.3, 0.4) is 0 Å². The molecule has 0 aromatic heterocycles. The fourth-order valence-electron chi connectivity index (χ4n) is 5.44. The zero-order valence-electron chi connectivity index (χ0n) is 19.6. The minimum atomic E-state index is -1.08. The van der Waals surface area contributed by atoms with E-state index in [0.29, 0.717) is 11.5 Å². The van der Waals surface area contributed by atoms with Crippen LogP contribution < -0.4 is 0 Å². The van der Waals surface area contributed by atoms with Crippen LogP contribution in [0.25, 0.3) is 5.70 Å². The molecule has 0 amide bonds. The number of carbonyl (C=O) groups excluding carboxylic acids is 1. The second-order valence-corrected chi connectivity index (χ2v) is 10.8. The molecule has 2 fully saturated rings. The Hall–Kier alpha value is -2.88. The molecule has 0 unspecified atom stereocenters. The number of hydrogen-bond acceptors (Lipinski definition) is 5. The minimum Gasteiger partial charge on any atom is -0.478 e. The summed E-state index contributed by atoms with van der Waals surface area (Å²) < 4.78 is 0. The zero-order valence-corrected chi connectivity index (χ0v) is 19.6. The van der Waals surface area contributed by atoms with Gasteiger partial charge in [-0.3, -0.25) is 9.80 Å². The van der Waals surface area contributed by atoms with E-state index < -0.39 is 11.6 Å². The fraction of sp³-hybridized carbons (Fsp3) is 0.481. The Balaban J connectivity index is 1.76. The minimum absolute atomic E-state index is 0.0620. The number of nitrogens with zero attached hydrogens (tertiary/aromatic N) is 2. The Morgan fingerprint density at radius 1 is 1.21 bits per heavy atom. The van der Waals surface area contributed by atoms with Crippen molar-refractivity contribution < 1.29 is 19.8 Å². The van der Waals surface area contributed by atoms with Crippen LogP contribution in [0.15, 0.2) is 29.5 Å². The molecule has 172 valence electrons. The molecular formula is C27H30N2O4. The number of fused-ring (bicyclic) bond motifs is 6. The third kappa shape index (κ3) is 3.70. The summed E-state index contributed by atoms with van der Waals surface area (Å²) in [6.45, 7) is 7.69. The van der Waals surface area contributed by atoms with Gasteiger partial charge in [-0.15, -0.1) is 0 Å². The number of carboxylic acid groups (broad SMARTS) is 1. The average Bonchev–Trinajstić information content (AvgIpc) is 3.53. The first-order valence-corrected chi connectivity index (χ1v) is 11.6. The first-order valence-electron chi connectivity index (χ1n) is 11.6. The van der Waals surface area contributed by atoms with Crippen LogP contribution in [-0.4, -0.2) is 43.6 Å². The smallest absolute Gasteiger partial charge is 0.333 e. The van der Waals surface area contributed by atoms with Crippen LogP contribution >= 0.6 is 0 Å². The van der Waals surface area contributed by atoms with Gasteiger partial charge in [0.25, 0.3) is 0 Å². The van der Waals surface area contributed by atoms with Gasteiger partial charge in [0.15, 0.2) is 0 Å². The molecule has 0 spiro atoms. The van der Waals surface area contributed by atoms with Crippen molar-refractivity contribution >= 4 is 18.0 Å². The van der Waals surface area contributed by atoms with Crippen molar-refractivity contribution in [2.45, 2.75) is 82.9 Å². The summed E-state index contributed by atoms with van der Waals surface area (Å²) in [4.78, 5) is 24.0. The molecule has 5 rings (SSSR count). The van der Waals surface area contributed by atoms with Gasteiger partial charge in [0.2, 0.25) is 0 Å². The van der Waals surface area contributed by atoms with Gasteiger partial charge in [-0.1, -0.05) is 11.8 Å². The van der Waals surface area contributed by atoms with Crippen molar-refractivity contribution in [3.8, 4) is 11.8 Å². The molecule has 1 aliphatic carbocycles. The molecule has 4 aliphatic rings. The van der Waals surface area contributed by atoms with Crippen molar-refractivity contribution in [1.82, 2.24) is 10.0 Å². The number of aldehydes is 1. The molecule has 6 heteroatoms. The standard InChI is InChI=1S/C27H30N2O4/c1-26(2)9-8-23-21-12-17(7-10-27(3,4)33)20(16-5-6-16)13-22(21)24-19(15-30)11-18(25(31)32)14-28(24)29(23)26/h12-16,23,33H,5-6,8-9,11H2,1-4H3,(H,31,32)/t23-/m1/s1. The van der Waals surface area contributed by atoms with E-state index in [-0.39, 0.29) is 23.6 Å². The Labute approximate surface area is 194 Å². The van der Waals surface area contributed by atoms with Gasteiger partial charge in [0.1, 0.15) is 11.9 Å². The van der Waals surface area contributed by atoms with Gasteiger partial charge in [-0.2, -0.15) is 0 Å².